The minimum atomic E-state index is -3.47. The predicted octanol–water partition coefficient (Wildman–Crippen LogP) is 8.57. The van der Waals surface area contributed by atoms with Gasteiger partial charge in [-0.15, -0.1) is 0 Å². The summed E-state index contributed by atoms with van der Waals surface area (Å²) in [6.45, 7) is 20.5. The molecule has 0 spiro atoms. The van der Waals surface area contributed by atoms with Crippen LogP contribution in [0.15, 0.2) is 98.0 Å². The van der Waals surface area contributed by atoms with Gasteiger partial charge in [-0.05, 0) is 156 Å². The number of pyridine rings is 4. The number of aliphatic hydroxyl groups is 1. The minimum Gasteiger partial charge on any atom is -0.416 e. The maximum Gasteiger partial charge on any atom is 0.482 e. The van der Waals surface area contributed by atoms with Crippen LogP contribution in [0.25, 0.3) is 0 Å². The molecule has 0 amide bonds. The van der Waals surface area contributed by atoms with Crippen molar-refractivity contribution in [2.24, 2.45) is 0 Å². The van der Waals surface area contributed by atoms with E-state index in [9.17, 15) is 0 Å². The van der Waals surface area contributed by atoms with Crippen molar-refractivity contribution in [2.45, 2.75) is 110 Å². The molecule has 4 aromatic rings. The Hall–Kier alpha value is -2.64. The molecule has 0 saturated carbocycles. The maximum atomic E-state index is 8.50. The summed E-state index contributed by atoms with van der Waals surface area (Å²) in [5, 5.41) is 8.50. The summed E-state index contributed by atoms with van der Waals surface area (Å²) in [4.78, 5) is 16.5. The Morgan fingerprint density at radius 3 is 1.10 bits per heavy atom. The molecular formula is C41H68N4O8Si5. The first-order valence-corrected chi connectivity index (χ1v) is 33.9. The molecule has 0 aromatic carbocycles. The SMILES string of the molecule is C[Si](C)(C)O[Si](C)(OCCCc1ccncc1)O[Si](C)(OCCCc1ccncc1)O[Si](C)(OCCCc1ccncc1)O[Si](C)(C)C.OCCCc1ccccn1. The maximum absolute atomic E-state index is 8.50. The largest absolute Gasteiger partial charge is 0.482 e. The number of rotatable bonds is 26. The molecule has 1 N–H and O–H groups in total. The van der Waals surface area contributed by atoms with E-state index in [1.807, 2.05) is 111 Å². The molecule has 4 rings (SSSR count). The summed E-state index contributed by atoms with van der Waals surface area (Å²) in [6, 6.07) is 18.0. The van der Waals surface area contributed by atoms with Gasteiger partial charge >= 0.3 is 26.4 Å². The van der Waals surface area contributed by atoms with Gasteiger partial charge in [-0.1, -0.05) is 6.07 Å². The van der Waals surface area contributed by atoms with Gasteiger partial charge in [0.05, 0.1) is 0 Å². The summed E-state index contributed by atoms with van der Waals surface area (Å²) >= 11 is 0. The fourth-order valence-corrected chi connectivity index (χ4v) is 25.0. The molecule has 0 aliphatic rings. The normalized spacial score (nSPS) is 15.1. The predicted molar refractivity (Wildman–Crippen MR) is 241 cm³/mol. The lowest BCUT2D eigenvalue weighted by molar-refractivity contribution is 0.0724. The van der Waals surface area contributed by atoms with E-state index in [1.165, 1.54) is 16.7 Å². The van der Waals surface area contributed by atoms with Crippen molar-refractivity contribution < 1.29 is 34.8 Å². The summed E-state index contributed by atoms with van der Waals surface area (Å²) < 4.78 is 47.3. The van der Waals surface area contributed by atoms with Crippen LogP contribution in [0.4, 0.5) is 0 Å². The second-order valence-corrected chi connectivity index (χ2v) is 34.0. The highest BCUT2D eigenvalue weighted by atomic mass is 28.5. The fourth-order valence-electron chi connectivity index (χ4n) is 6.08. The first-order valence-electron chi connectivity index (χ1n) is 20.4. The number of hydrogen-bond donors (Lipinski definition) is 1. The second-order valence-electron chi connectivity index (χ2n) is 16.3. The lowest BCUT2D eigenvalue weighted by Gasteiger charge is -2.42. The van der Waals surface area contributed by atoms with Crippen molar-refractivity contribution in [1.29, 1.82) is 0 Å². The van der Waals surface area contributed by atoms with Crippen molar-refractivity contribution in [2.75, 3.05) is 26.4 Å². The van der Waals surface area contributed by atoms with Crippen molar-refractivity contribution in [3.63, 3.8) is 0 Å². The highest BCUT2D eigenvalue weighted by Gasteiger charge is 2.55. The fraction of sp³-hybridized carbons (Fsp3) is 0.512. The molecule has 58 heavy (non-hydrogen) atoms. The zero-order chi connectivity index (χ0) is 42.4. The zero-order valence-electron chi connectivity index (χ0n) is 36.3. The van der Waals surface area contributed by atoms with E-state index in [4.69, 9.17) is 34.8 Å². The van der Waals surface area contributed by atoms with Gasteiger partial charge in [0, 0.05) is 95.1 Å². The molecule has 17 heteroatoms. The molecule has 320 valence electrons. The van der Waals surface area contributed by atoms with Gasteiger partial charge in [-0.25, -0.2) is 0 Å². The van der Waals surface area contributed by atoms with Crippen LogP contribution in [0.3, 0.4) is 0 Å². The van der Waals surface area contributed by atoms with Crippen molar-refractivity contribution in [3.05, 3.63) is 120 Å². The van der Waals surface area contributed by atoms with E-state index in [0.29, 0.717) is 19.8 Å². The molecule has 12 nitrogen and oxygen atoms in total. The number of hydrogen-bond acceptors (Lipinski definition) is 12. The Bertz CT molecular complexity index is 1590. The Kier molecular flexibility index (Phi) is 21.6. The summed E-state index contributed by atoms with van der Waals surface area (Å²) in [5.41, 5.74) is 4.69. The average molecular weight is 885 g/mol. The first kappa shape index (κ1) is 49.7. The topological polar surface area (TPSA) is 136 Å². The lowest BCUT2D eigenvalue weighted by Crippen LogP contribution is -2.64. The zero-order valence-corrected chi connectivity index (χ0v) is 41.3. The van der Waals surface area contributed by atoms with Crippen LogP contribution in [-0.4, -0.2) is 94.5 Å². The van der Waals surface area contributed by atoms with Gasteiger partial charge in [0.25, 0.3) is 0 Å². The van der Waals surface area contributed by atoms with Gasteiger partial charge in [0.1, 0.15) is 0 Å². The summed E-state index contributed by atoms with van der Waals surface area (Å²) in [6.07, 6.45) is 19.4. The molecule has 4 aromatic heterocycles. The van der Waals surface area contributed by atoms with E-state index in [2.05, 4.69) is 59.2 Å². The van der Waals surface area contributed by atoms with Crippen LogP contribution < -0.4 is 0 Å². The van der Waals surface area contributed by atoms with Crippen LogP contribution in [0.1, 0.15) is 48.1 Å². The minimum absolute atomic E-state index is 0.247. The lowest BCUT2D eigenvalue weighted by atomic mass is 10.1. The molecule has 0 bridgehead atoms. The van der Waals surface area contributed by atoms with E-state index < -0.39 is 43.0 Å². The van der Waals surface area contributed by atoms with E-state index in [1.54, 1.807) is 6.20 Å². The number of nitrogens with zero attached hydrogens (tertiary/aromatic N) is 4. The molecule has 2 atom stereocenters. The third-order valence-electron chi connectivity index (χ3n) is 8.21. The monoisotopic (exact) mass is 884 g/mol. The molecule has 0 fully saturated rings. The Labute approximate surface area is 353 Å². The summed E-state index contributed by atoms with van der Waals surface area (Å²) in [5.74, 6) is 0. The van der Waals surface area contributed by atoms with Crippen molar-refractivity contribution in [3.8, 4) is 0 Å². The number of aryl methyl sites for hydroxylation is 4. The molecular weight excluding hydrogens is 817 g/mol. The molecule has 0 saturated heterocycles. The van der Waals surface area contributed by atoms with Crippen LogP contribution in [-0.2, 0) is 55.4 Å². The molecule has 0 aliphatic heterocycles. The van der Waals surface area contributed by atoms with Gasteiger partial charge in [-0.2, -0.15) is 0 Å². The van der Waals surface area contributed by atoms with Crippen molar-refractivity contribution in [1.82, 2.24) is 19.9 Å². The number of aliphatic hydroxyl groups excluding tert-OH is 1. The highest BCUT2D eigenvalue weighted by molar-refractivity contribution is 6.86. The van der Waals surface area contributed by atoms with Crippen LogP contribution in [0.5, 0.6) is 0 Å². The van der Waals surface area contributed by atoms with Crippen LogP contribution in [0.2, 0.25) is 58.9 Å². The standard InChI is InChI=1S/C33H57N3O7Si5.C8H11NO/c1-44(2,3)40-46(7,37-28-10-13-31-16-22-34-23-17-31)42-48(9,39-30-12-15-33-20-26-36-27-21-33)43-47(8,41-45(4,5)6)38-29-11-14-32-18-24-35-25-19-32;10-7-3-5-8-4-1-2-6-9-8/h16-27H,10-15,28-30H2,1-9H3;1-2,4,6,10H,3,5,7H2. The smallest absolute Gasteiger partial charge is 0.416 e. The third-order valence-corrected chi connectivity index (χ3v) is 24.2. The van der Waals surface area contributed by atoms with E-state index in [-0.39, 0.29) is 6.61 Å². The Balaban J connectivity index is 0.000000781. The molecule has 0 aliphatic carbocycles. The summed E-state index contributed by atoms with van der Waals surface area (Å²) in [7, 11) is -14.2. The van der Waals surface area contributed by atoms with Gasteiger partial charge < -0.3 is 34.8 Å². The quantitative estimate of drug-likeness (QED) is 0.0478. The molecule has 4 heterocycles. The van der Waals surface area contributed by atoms with Gasteiger partial charge in [-0.3, -0.25) is 19.9 Å². The van der Waals surface area contributed by atoms with Crippen molar-refractivity contribution >= 4 is 43.0 Å². The van der Waals surface area contributed by atoms with E-state index >= 15 is 0 Å². The van der Waals surface area contributed by atoms with Gasteiger partial charge in [0.15, 0.2) is 16.6 Å². The average Bonchev–Trinajstić information content (AvgIpc) is 3.16. The van der Waals surface area contributed by atoms with Crippen LogP contribution >= 0.6 is 0 Å². The highest BCUT2D eigenvalue weighted by Crippen LogP contribution is 2.29. The van der Waals surface area contributed by atoms with Gasteiger partial charge in [0.2, 0.25) is 0 Å². The first-order chi connectivity index (χ1) is 27.5. The van der Waals surface area contributed by atoms with E-state index in [0.717, 1.165) is 57.1 Å². The number of aromatic nitrogens is 4. The van der Waals surface area contributed by atoms with Crippen LogP contribution in [0, 0.1) is 0 Å². The Morgan fingerprint density at radius 1 is 0.431 bits per heavy atom. The second kappa shape index (κ2) is 25.2. The molecule has 0 radical (unpaired) electrons. The molecule has 2 unspecified atom stereocenters. The third kappa shape index (κ3) is 22.1. The Morgan fingerprint density at radius 2 is 0.793 bits per heavy atom.